The molecule has 4 aliphatic carbocycles. The molecule has 0 aliphatic heterocycles. The van der Waals surface area contributed by atoms with E-state index in [2.05, 4.69) is 27.7 Å². The van der Waals surface area contributed by atoms with Crippen LogP contribution < -0.4 is 0 Å². The minimum atomic E-state index is -0.443. The molecule has 1 spiro atoms. The molecule has 0 heterocycles. The van der Waals surface area contributed by atoms with Gasteiger partial charge in [0.15, 0.2) is 0 Å². The molecule has 1 unspecified atom stereocenters. The molecule has 1 heteroatoms. The Morgan fingerprint density at radius 3 is 2.38 bits per heavy atom. The van der Waals surface area contributed by atoms with Gasteiger partial charge in [-0.3, -0.25) is 0 Å². The molecule has 0 aromatic heterocycles. The molecule has 1 nitrogen and oxygen atoms in total. The van der Waals surface area contributed by atoms with Crippen molar-refractivity contribution in [2.75, 3.05) is 0 Å². The monoisotopic (exact) mass is 292 g/mol. The van der Waals surface area contributed by atoms with E-state index in [1.807, 2.05) is 0 Å². The molecule has 1 N–H and O–H groups in total. The van der Waals surface area contributed by atoms with Gasteiger partial charge in [0.05, 0.1) is 6.10 Å². The standard InChI is InChI=1S/C20H34O/c1-17(2)8-5-9-19(4)14(17)7-11-20-13-12-18(3,16(20)21)10-6-15(19)20/h14-16,21H,5-13H2,1-4H3/t14-,15+,16?,18-,19-,20-/m0/s1/i12D,13D/t12-,13+,14-,15+,16?,18-,19-,20-. The number of aliphatic hydroxyl groups excluding tert-OH is 1. The SMILES string of the molecule is [2H][C@@H]1[C@H]([2H])[C@]2(C)CC[C@@H]3[C@@]4(C)CCCC(C)(C)[C@@H]4CC[C@]13C2O. The lowest BCUT2D eigenvalue weighted by atomic mass is 9.40. The summed E-state index contributed by atoms with van der Waals surface area (Å²) < 4.78 is 17.5. The Labute approximate surface area is 133 Å². The van der Waals surface area contributed by atoms with Gasteiger partial charge in [-0.1, -0.05) is 34.1 Å². The first kappa shape index (κ1) is 12.4. The van der Waals surface area contributed by atoms with Crippen molar-refractivity contribution < 1.29 is 7.85 Å². The predicted molar refractivity (Wildman–Crippen MR) is 87.0 cm³/mol. The van der Waals surface area contributed by atoms with Crippen molar-refractivity contribution in [2.45, 2.75) is 91.5 Å². The summed E-state index contributed by atoms with van der Waals surface area (Å²) in [7, 11) is 0. The number of aliphatic hydroxyl groups is 1. The van der Waals surface area contributed by atoms with Crippen molar-refractivity contribution in [3.05, 3.63) is 0 Å². The number of hydrogen-bond acceptors (Lipinski definition) is 1. The third-order valence-corrected chi connectivity index (χ3v) is 8.47. The molecule has 0 aromatic carbocycles. The van der Waals surface area contributed by atoms with Gasteiger partial charge in [0.2, 0.25) is 0 Å². The summed E-state index contributed by atoms with van der Waals surface area (Å²) in [5, 5.41) is 11.3. The molecule has 0 amide bonds. The first-order valence-corrected chi connectivity index (χ1v) is 9.13. The highest BCUT2D eigenvalue weighted by Gasteiger charge is 2.68. The van der Waals surface area contributed by atoms with Crippen LogP contribution in [0.15, 0.2) is 0 Å². The van der Waals surface area contributed by atoms with Gasteiger partial charge < -0.3 is 5.11 Å². The van der Waals surface area contributed by atoms with Gasteiger partial charge in [-0.05, 0) is 79.4 Å². The second-order valence-corrected chi connectivity index (χ2v) is 9.88. The Balaban J connectivity index is 1.82. The number of hydrogen-bond donors (Lipinski definition) is 1. The maximum absolute atomic E-state index is 11.3. The summed E-state index contributed by atoms with van der Waals surface area (Å²) in [4.78, 5) is 0. The largest absolute Gasteiger partial charge is 0.392 e. The van der Waals surface area contributed by atoms with Gasteiger partial charge in [-0.2, -0.15) is 0 Å². The van der Waals surface area contributed by atoms with Crippen LogP contribution in [0.3, 0.4) is 0 Å². The van der Waals surface area contributed by atoms with E-state index in [9.17, 15) is 5.11 Å². The van der Waals surface area contributed by atoms with Crippen molar-refractivity contribution in [1.29, 1.82) is 0 Å². The highest BCUT2D eigenvalue weighted by molar-refractivity contribution is 5.17. The van der Waals surface area contributed by atoms with Gasteiger partial charge in [0.1, 0.15) is 0 Å². The Kier molecular flexibility index (Phi) is 2.40. The van der Waals surface area contributed by atoms with Crippen molar-refractivity contribution in [3.63, 3.8) is 0 Å². The van der Waals surface area contributed by atoms with Crippen LogP contribution in [0.25, 0.3) is 0 Å². The summed E-state index contributed by atoms with van der Waals surface area (Å²) in [6.07, 6.45) is 6.78. The molecule has 4 saturated carbocycles. The molecular formula is C20H34O. The van der Waals surface area contributed by atoms with E-state index in [1.165, 1.54) is 19.3 Å². The summed E-state index contributed by atoms with van der Waals surface area (Å²) >= 11 is 0. The second kappa shape index (κ2) is 4.08. The van der Waals surface area contributed by atoms with Crippen LogP contribution in [0.4, 0.5) is 0 Å². The average molecular weight is 293 g/mol. The normalized spacial score (nSPS) is 66.8. The molecule has 0 saturated heterocycles. The van der Waals surface area contributed by atoms with E-state index >= 15 is 0 Å². The molecule has 0 radical (unpaired) electrons. The third kappa shape index (κ3) is 1.62. The van der Waals surface area contributed by atoms with Gasteiger partial charge in [-0.15, -0.1) is 0 Å². The minimum absolute atomic E-state index is 0.256. The van der Waals surface area contributed by atoms with E-state index in [-0.39, 0.29) is 16.2 Å². The fraction of sp³-hybridized carbons (Fsp3) is 1.00. The van der Waals surface area contributed by atoms with Crippen LogP contribution in [-0.4, -0.2) is 11.2 Å². The fourth-order valence-corrected chi connectivity index (χ4v) is 7.43. The molecule has 4 rings (SSSR count). The van der Waals surface area contributed by atoms with Crippen LogP contribution in [0.5, 0.6) is 0 Å². The van der Waals surface area contributed by atoms with Crippen molar-refractivity contribution in [1.82, 2.24) is 0 Å². The Hall–Kier alpha value is -0.0400. The molecule has 0 aromatic rings. The minimum Gasteiger partial charge on any atom is -0.392 e. The Morgan fingerprint density at radius 1 is 0.905 bits per heavy atom. The van der Waals surface area contributed by atoms with Crippen LogP contribution in [0.1, 0.15) is 88.2 Å². The highest BCUT2D eigenvalue weighted by atomic mass is 16.3. The maximum atomic E-state index is 11.3. The van der Waals surface area contributed by atoms with Crippen molar-refractivity contribution in [2.24, 2.45) is 33.5 Å². The number of fused-ring (bicyclic) bond motifs is 3. The van der Waals surface area contributed by atoms with Crippen molar-refractivity contribution in [3.8, 4) is 0 Å². The van der Waals surface area contributed by atoms with E-state index < -0.39 is 18.9 Å². The van der Waals surface area contributed by atoms with Gasteiger partial charge in [0, 0.05) is 8.16 Å². The van der Waals surface area contributed by atoms with E-state index in [1.54, 1.807) is 0 Å². The molecular weight excluding hydrogens is 256 g/mol. The first-order valence-electron chi connectivity index (χ1n) is 10.3. The molecule has 120 valence electrons. The predicted octanol–water partition coefficient (Wildman–Crippen LogP) is 5.17. The second-order valence-electron chi connectivity index (χ2n) is 9.88. The van der Waals surface area contributed by atoms with Crippen LogP contribution in [0.2, 0.25) is 0 Å². The Bertz CT molecular complexity index is 520. The zero-order chi connectivity index (χ0) is 16.8. The summed E-state index contributed by atoms with van der Waals surface area (Å²) in [5.74, 6) is 1.15. The van der Waals surface area contributed by atoms with Gasteiger partial charge in [-0.25, -0.2) is 0 Å². The highest BCUT2D eigenvalue weighted by Crippen LogP contribution is 2.73. The number of rotatable bonds is 0. The smallest absolute Gasteiger partial charge is 0.0652 e. The average Bonchev–Trinajstić information content (AvgIpc) is 2.56. The summed E-state index contributed by atoms with van der Waals surface area (Å²) in [5.41, 5.74) is -0.0170. The van der Waals surface area contributed by atoms with E-state index in [0.717, 1.165) is 25.7 Å². The van der Waals surface area contributed by atoms with E-state index in [0.29, 0.717) is 17.3 Å². The molecule has 21 heavy (non-hydrogen) atoms. The van der Waals surface area contributed by atoms with Crippen LogP contribution >= 0.6 is 0 Å². The van der Waals surface area contributed by atoms with E-state index in [4.69, 9.17) is 2.74 Å². The fourth-order valence-electron chi connectivity index (χ4n) is 7.43. The lowest BCUT2D eigenvalue weighted by Crippen LogP contribution is -2.60. The Morgan fingerprint density at radius 2 is 1.62 bits per heavy atom. The lowest BCUT2D eigenvalue weighted by molar-refractivity contribution is -0.195. The summed E-state index contributed by atoms with van der Waals surface area (Å²) in [6, 6.07) is 0. The van der Waals surface area contributed by atoms with Crippen LogP contribution in [-0.2, 0) is 0 Å². The van der Waals surface area contributed by atoms with Gasteiger partial charge >= 0.3 is 0 Å². The van der Waals surface area contributed by atoms with Crippen molar-refractivity contribution >= 4 is 0 Å². The maximum Gasteiger partial charge on any atom is 0.0652 e. The lowest BCUT2D eigenvalue weighted by Gasteiger charge is -2.65. The third-order valence-electron chi connectivity index (χ3n) is 8.47. The van der Waals surface area contributed by atoms with Gasteiger partial charge in [0.25, 0.3) is 0 Å². The quantitative estimate of drug-likeness (QED) is 0.653. The summed E-state index contributed by atoms with van der Waals surface area (Å²) in [6.45, 7) is 9.44. The molecule has 8 atom stereocenters. The van der Waals surface area contributed by atoms with Crippen LogP contribution in [0, 0.1) is 33.5 Å². The zero-order valence-corrected chi connectivity index (χ0v) is 14.3. The molecule has 4 fully saturated rings. The molecule has 2 bridgehead atoms. The first-order chi connectivity index (χ1) is 10.6. The zero-order valence-electron chi connectivity index (χ0n) is 16.3. The topological polar surface area (TPSA) is 20.2 Å². The molecule has 4 aliphatic rings.